The number of hydrogen-bond acceptors (Lipinski definition) is 2. The number of benzene rings is 9. The predicted molar refractivity (Wildman–Crippen MR) is 228 cm³/mol. The molecule has 1 heterocycles. The molecule has 0 aliphatic carbocycles. The number of rotatable bonds is 8. The number of hydrogen-bond donors (Lipinski definition) is 0. The summed E-state index contributed by atoms with van der Waals surface area (Å²) in [6.45, 7) is 1.45. The van der Waals surface area contributed by atoms with Gasteiger partial charge in [0.1, 0.15) is 11.2 Å². The summed E-state index contributed by atoms with van der Waals surface area (Å²) >= 11 is 0. The molecule has 0 fully saturated rings. The number of nitrogens with zero attached hydrogens (tertiary/aromatic N) is 1. The van der Waals surface area contributed by atoms with E-state index < -0.39 is 0 Å². The Labute approximate surface area is 315 Å². The molecule has 0 atom stereocenters. The molecule has 10 rings (SSSR count). The molecule has 2 heteroatoms. The van der Waals surface area contributed by atoms with Gasteiger partial charge in [-0.15, -0.1) is 0 Å². The fourth-order valence-corrected chi connectivity index (χ4v) is 8.19. The van der Waals surface area contributed by atoms with Gasteiger partial charge < -0.3 is 9.32 Å². The van der Waals surface area contributed by atoms with Gasteiger partial charge in [-0.3, -0.25) is 0 Å². The van der Waals surface area contributed by atoms with Gasteiger partial charge in [0.25, 0.3) is 0 Å². The molecule has 0 unspecified atom stereocenters. The molecule has 1 aromatic heterocycles. The zero-order valence-electron chi connectivity index (χ0n) is 29.8. The van der Waals surface area contributed by atoms with Gasteiger partial charge in [0.05, 0.1) is 0 Å². The van der Waals surface area contributed by atoms with Crippen LogP contribution in [0, 0.1) is 0 Å². The minimum Gasteiger partial charge on any atom is -0.455 e. The Balaban J connectivity index is 1.08. The van der Waals surface area contributed by atoms with Crippen molar-refractivity contribution in [2.75, 3.05) is 4.90 Å². The highest BCUT2D eigenvalue weighted by molar-refractivity contribution is 6.17. The van der Waals surface area contributed by atoms with Gasteiger partial charge in [0, 0.05) is 45.9 Å². The highest BCUT2D eigenvalue weighted by Crippen LogP contribution is 2.41. The number of anilines is 1. The maximum Gasteiger partial charge on any atom is 0.143 e. The Morgan fingerprint density at radius 1 is 0.315 bits per heavy atom. The molecule has 0 saturated carbocycles. The number of furan rings is 1. The third kappa shape index (κ3) is 5.70. The van der Waals surface area contributed by atoms with Crippen molar-refractivity contribution in [2.45, 2.75) is 13.1 Å². The average Bonchev–Trinajstić information content (AvgIpc) is 3.64. The SMILES string of the molecule is c1ccc(-c2ccc(-c3ccccc3CN(Cc3ccccc3-c3cccc4c3oc3c5ccccc5ccc43)c3cccc4ccccc34)cc2)cc1. The summed E-state index contributed by atoms with van der Waals surface area (Å²) < 4.78 is 6.84. The van der Waals surface area contributed by atoms with E-state index in [0.29, 0.717) is 6.54 Å². The van der Waals surface area contributed by atoms with E-state index in [2.05, 4.69) is 205 Å². The summed E-state index contributed by atoms with van der Waals surface area (Å²) in [4.78, 5) is 2.55. The van der Waals surface area contributed by atoms with E-state index in [1.54, 1.807) is 0 Å². The third-order valence-corrected chi connectivity index (χ3v) is 10.8. The quantitative estimate of drug-likeness (QED) is 0.158. The minimum atomic E-state index is 0.713. The summed E-state index contributed by atoms with van der Waals surface area (Å²) in [7, 11) is 0. The van der Waals surface area contributed by atoms with Gasteiger partial charge in [0.2, 0.25) is 0 Å². The second-order valence-corrected chi connectivity index (χ2v) is 14.1. The van der Waals surface area contributed by atoms with Gasteiger partial charge in [-0.2, -0.15) is 0 Å². The second-order valence-electron chi connectivity index (χ2n) is 14.1. The first-order chi connectivity index (χ1) is 26.8. The van der Waals surface area contributed by atoms with Crippen molar-refractivity contribution in [1.82, 2.24) is 0 Å². The van der Waals surface area contributed by atoms with E-state index in [9.17, 15) is 0 Å². The molecule has 2 nitrogen and oxygen atoms in total. The molecule has 0 bridgehead atoms. The lowest BCUT2D eigenvalue weighted by atomic mass is 9.95. The molecule has 256 valence electrons. The molecular weight excluding hydrogens is 655 g/mol. The smallest absolute Gasteiger partial charge is 0.143 e. The first-order valence-corrected chi connectivity index (χ1v) is 18.7. The molecule has 0 radical (unpaired) electrons. The van der Waals surface area contributed by atoms with Gasteiger partial charge in [0.15, 0.2) is 0 Å². The Morgan fingerprint density at radius 2 is 0.833 bits per heavy atom. The van der Waals surface area contributed by atoms with Gasteiger partial charge in [-0.25, -0.2) is 0 Å². The van der Waals surface area contributed by atoms with Crippen LogP contribution in [0.25, 0.3) is 76.9 Å². The highest BCUT2D eigenvalue weighted by atomic mass is 16.3. The average molecular weight is 692 g/mol. The lowest BCUT2D eigenvalue weighted by Gasteiger charge is -2.29. The maximum absolute atomic E-state index is 6.84. The molecule has 0 aliphatic rings. The van der Waals surface area contributed by atoms with Crippen molar-refractivity contribution in [1.29, 1.82) is 0 Å². The molecule has 10 aromatic rings. The first-order valence-electron chi connectivity index (χ1n) is 18.7. The van der Waals surface area contributed by atoms with Crippen LogP contribution in [0.15, 0.2) is 205 Å². The predicted octanol–water partition coefficient (Wildman–Crippen LogP) is 14.1. The van der Waals surface area contributed by atoms with Crippen LogP contribution in [0.1, 0.15) is 11.1 Å². The van der Waals surface area contributed by atoms with Crippen LogP contribution in [0.5, 0.6) is 0 Å². The van der Waals surface area contributed by atoms with Crippen LogP contribution in [0.2, 0.25) is 0 Å². The van der Waals surface area contributed by atoms with Gasteiger partial charge >= 0.3 is 0 Å². The maximum atomic E-state index is 6.84. The van der Waals surface area contributed by atoms with Crippen LogP contribution >= 0.6 is 0 Å². The van der Waals surface area contributed by atoms with Crippen molar-refractivity contribution in [2.24, 2.45) is 0 Å². The third-order valence-electron chi connectivity index (χ3n) is 10.8. The fraction of sp³-hybridized carbons (Fsp3) is 0.0385. The number of para-hydroxylation sites is 1. The van der Waals surface area contributed by atoms with Crippen LogP contribution in [-0.4, -0.2) is 0 Å². The topological polar surface area (TPSA) is 16.4 Å². The molecule has 54 heavy (non-hydrogen) atoms. The summed E-state index contributed by atoms with van der Waals surface area (Å²) in [5.41, 5.74) is 12.8. The Bertz CT molecular complexity index is 2930. The van der Waals surface area contributed by atoms with Crippen molar-refractivity contribution in [3.63, 3.8) is 0 Å². The zero-order chi connectivity index (χ0) is 35.8. The molecule has 0 N–H and O–H groups in total. The van der Waals surface area contributed by atoms with Crippen molar-refractivity contribution < 1.29 is 4.42 Å². The van der Waals surface area contributed by atoms with Gasteiger partial charge in [-0.05, 0) is 61.8 Å². The molecule has 0 aliphatic heterocycles. The van der Waals surface area contributed by atoms with Crippen LogP contribution in [0.3, 0.4) is 0 Å². The largest absolute Gasteiger partial charge is 0.455 e. The van der Waals surface area contributed by atoms with Gasteiger partial charge in [-0.1, -0.05) is 188 Å². The standard InChI is InChI=1S/C52H37NO/c1-2-14-36(15-3-1)37-28-30-40(31-29-37)43-21-8-6-18-41(43)34-53(50-27-12-20-38-16-4-10-23-45(38)50)35-42-19-7-9-22-44(42)47-25-13-26-48-49-33-32-39-17-5-11-24-46(39)51(49)54-52(47)48/h1-33H,34-35H2. The van der Waals surface area contributed by atoms with Crippen molar-refractivity contribution >= 4 is 49.2 Å². The monoisotopic (exact) mass is 691 g/mol. The van der Waals surface area contributed by atoms with Crippen LogP contribution < -0.4 is 4.90 Å². The van der Waals surface area contributed by atoms with Crippen molar-refractivity contribution in [3.05, 3.63) is 211 Å². The van der Waals surface area contributed by atoms with Crippen LogP contribution in [-0.2, 0) is 13.1 Å². The molecule has 9 aromatic carbocycles. The molecular formula is C52H37NO. The lowest BCUT2D eigenvalue weighted by Crippen LogP contribution is -2.23. The zero-order valence-corrected chi connectivity index (χ0v) is 29.8. The van der Waals surface area contributed by atoms with Crippen LogP contribution in [0.4, 0.5) is 5.69 Å². The van der Waals surface area contributed by atoms with Crippen molar-refractivity contribution in [3.8, 4) is 33.4 Å². The first kappa shape index (κ1) is 31.8. The molecule has 0 amide bonds. The van der Waals surface area contributed by atoms with E-state index in [1.807, 2.05) is 0 Å². The fourth-order valence-electron chi connectivity index (χ4n) is 8.19. The summed E-state index contributed by atoms with van der Waals surface area (Å²) in [5.74, 6) is 0. The summed E-state index contributed by atoms with van der Waals surface area (Å²) in [5, 5.41) is 7.09. The summed E-state index contributed by atoms with van der Waals surface area (Å²) in [6.07, 6.45) is 0. The Hall–Kier alpha value is -6.90. The second kappa shape index (κ2) is 13.6. The lowest BCUT2D eigenvalue weighted by molar-refractivity contribution is 0.673. The molecule has 0 saturated heterocycles. The number of fused-ring (bicyclic) bond motifs is 6. The normalized spacial score (nSPS) is 11.5. The minimum absolute atomic E-state index is 0.713. The summed E-state index contributed by atoms with van der Waals surface area (Å²) in [6, 6.07) is 72.1. The highest BCUT2D eigenvalue weighted by Gasteiger charge is 2.20. The van der Waals surface area contributed by atoms with E-state index in [4.69, 9.17) is 4.42 Å². The Kier molecular flexibility index (Phi) is 8.00. The van der Waals surface area contributed by atoms with E-state index in [-0.39, 0.29) is 0 Å². The molecule has 0 spiro atoms. The van der Waals surface area contributed by atoms with E-state index in [1.165, 1.54) is 60.8 Å². The Morgan fingerprint density at radius 3 is 1.63 bits per heavy atom. The van der Waals surface area contributed by atoms with E-state index in [0.717, 1.165) is 39.4 Å². The van der Waals surface area contributed by atoms with E-state index >= 15 is 0 Å².